The van der Waals surface area contributed by atoms with Crippen LogP contribution in [0, 0.1) is 5.82 Å². The number of para-hydroxylation sites is 1. The van der Waals surface area contributed by atoms with Crippen molar-refractivity contribution < 1.29 is 9.13 Å². The third-order valence-electron chi connectivity index (χ3n) is 4.49. The fourth-order valence-corrected chi connectivity index (χ4v) is 4.02. The molecule has 0 amide bonds. The average molecular weight is 398 g/mol. The number of benzene rings is 2. The third kappa shape index (κ3) is 3.53. The van der Waals surface area contributed by atoms with Crippen molar-refractivity contribution in [3.8, 4) is 0 Å². The predicted octanol–water partition coefficient (Wildman–Crippen LogP) is 3.51. The van der Waals surface area contributed by atoms with Gasteiger partial charge in [0.15, 0.2) is 5.16 Å². The molecule has 0 atom stereocenters. The Labute approximate surface area is 165 Å². The first-order valence-corrected chi connectivity index (χ1v) is 9.90. The Morgan fingerprint density at radius 3 is 2.68 bits per heavy atom. The van der Waals surface area contributed by atoms with Gasteiger partial charge in [0.2, 0.25) is 5.78 Å². The number of rotatable bonds is 7. The van der Waals surface area contributed by atoms with E-state index in [1.807, 2.05) is 28.7 Å². The minimum atomic E-state index is -0.257. The van der Waals surface area contributed by atoms with Gasteiger partial charge >= 0.3 is 0 Å². The first kappa shape index (κ1) is 18.6. The summed E-state index contributed by atoms with van der Waals surface area (Å²) >= 11 is 1.50. The van der Waals surface area contributed by atoms with Crippen LogP contribution < -0.4 is 5.56 Å². The summed E-state index contributed by atoms with van der Waals surface area (Å²) in [6.45, 7) is 1.06. The largest absolute Gasteiger partial charge is 0.385 e. The first-order valence-electron chi connectivity index (χ1n) is 8.92. The molecule has 0 aliphatic heterocycles. The predicted molar refractivity (Wildman–Crippen MR) is 107 cm³/mol. The van der Waals surface area contributed by atoms with E-state index in [1.165, 1.54) is 23.9 Å². The molecule has 0 spiro atoms. The lowest BCUT2D eigenvalue weighted by Gasteiger charge is -2.11. The molecule has 0 aliphatic carbocycles. The topological polar surface area (TPSA) is 61.4 Å². The van der Waals surface area contributed by atoms with Crippen LogP contribution in [-0.2, 0) is 17.0 Å². The number of nitrogens with zero attached hydrogens (tertiary/aromatic N) is 4. The summed E-state index contributed by atoms with van der Waals surface area (Å²) in [6, 6.07) is 13.9. The Morgan fingerprint density at radius 2 is 1.89 bits per heavy atom. The quantitative estimate of drug-likeness (QED) is 0.352. The molecule has 0 N–H and O–H groups in total. The molecule has 0 saturated heterocycles. The van der Waals surface area contributed by atoms with Gasteiger partial charge < -0.3 is 4.74 Å². The van der Waals surface area contributed by atoms with Gasteiger partial charge in [-0.2, -0.15) is 0 Å². The molecule has 0 unspecified atom stereocenters. The monoisotopic (exact) mass is 398 g/mol. The molecular formula is C20H19FN4O2S. The number of fused-ring (bicyclic) bond motifs is 3. The van der Waals surface area contributed by atoms with E-state index >= 15 is 0 Å². The summed E-state index contributed by atoms with van der Waals surface area (Å²) in [6.07, 6.45) is 0.704. The highest BCUT2D eigenvalue weighted by Gasteiger charge is 2.16. The van der Waals surface area contributed by atoms with Crippen LogP contribution in [0.25, 0.3) is 16.7 Å². The molecular weight excluding hydrogens is 379 g/mol. The van der Waals surface area contributed by atoms with E-state index in [2.05, 4.69) is 10.2 Å². The number of halogens is 1. The molecule has 2 heterocycles. The summed E-state index contributed by atoms with van der Waals surface area (Å²) in [7, 11) is 1.64. The van der Waals surface area contributed by atoms with Crippen LogP contribution in [-0.4, -0.2) is 32.9 Å². The van der Waals surface area contributed by atoms with Gasteiger partial charge in [-0.15, -0.1) is 10.2 Å². The van der Waals surface area contributed by atoms with Crippen LogP contribution >= 0.6 is 11.8 Å². The molecule has 8 heteroatoms. The Kier molecular flexibility index (Phi) is 5.40. The maximum Gasteiger partial charge on any atom is 0.262 e. The molecule has 0 radical (unpaired) electrons. The summed E-state index contributed by atoms with van der Waals surface area (Å²) in [5.41, 5.74) is 1.68. The zero-order chi connectivity index (χ0) is 19.5. The maximum absolute atomic E-state index is 13.1. The molecule has 0 fully saturated rings. The Balaban J connectivity index is 1.77. The van der Waals surface area contributed by atoms with Gasteiger partial charge in [0.25, 0.3) is 5.56 Å². The maximum atomic E-state index is 13.1. The second-order valence-electron chi connectivity index (χ2n) is 6.35. The minimum absolute atomic E-state index is 0.0818. The SMILES string of the molecule is COCCCn1c(=O)c2ccccc2n2c(SCc3ccc(F)cc3)nnc12. The minimum Gasteiger partial charge on any atom is -0.385 e. The molecule has 0 bridgehead atoms. The standard InChI is InChI=1S/C20H19FN4O2S/c1-27-12-4-11-24-18(26)16-5-2-3-6-17(16)25-19(24)22-23-20(25)28-13-14-7-9-15(21)10-8-14/h2-3,5-10H,4,11-13H2,1H3. The van der Waals surface area contributed by atoms with Crippen molar-refractivity contribution in [3.63, 3.8) is 0 Å². The van der Waals surface area contributed by atoms with Crippen LogP contribution in [0.15, 0.2) is 58.5 Å². The van der Waals surface area contributed by atoms with Crippen LogP contribution in [0.3, 0.4) is 0 Å². The van der Waals surface area contributed by atoms with E-state index in [9.17, 15) is 9.18 Å². The zero-order valence-electron chi connectivity index (χ0n) is 15.3. The van der Waals surface area contributed by atoms with Crippen LogP contribution in [0.4, 0.5) is 4.39 Å². The molecule has 0 saturated carbocycles. The van der Waals surface area contributed by atoms with E-state index < -0.39 is 0 Å². The smallest absolute Gasteiger partial charge is 0.262 e. The van der Waals surface area contributed by atoms with Gasteiger partial charge in [-0.1, -0.05) is 36.0 Å². The van der Waals surface area contributed by atoms with Crippen molar-refractivity contribution in [2.75, 3.05) is 13.7 Å². The van der Waals surface area contributed by atoms with Gasteiger partial charge in [0, 0.05) is 26.0 Å². The Morgan fingerprint density at radius 1 is 1.11 bits per heavy atom. The van der Waals surface area contributed by atoms with E-state index in [1.54, 1.807) is 23.8 Å². The third-order valence-corrected chi connectivity index (χ3v) is 5.49. The molecule has 2 aromatic carbocycles. The molecule has 4 rings (SSSR count). The van der Waals surface area contributed by atoms with Crippen molar-refractivity contribution in [1.29, 1.82) is 0 Å². The molecule has 28 heavy (non-hydrogen) atoms. The van der Waals surface area contributed by atoms with E-state index in [4.69, 9.17) is 4.74 Å². The number of methoxy groups -OCH3 is 1. The van der Waals surface area contributed by atoms with Crippen molar-refractivity contribution in [1.82, 2.24) is 19.2 Å². The number of thioether (sulfide) groups is 1. The molecule has 2 aromatic heterocycles. The molecule has 4 aromatic rings. The Hall–Kier alpha value is -2.71. The van der Waals surface area contributed by atoms with Crippen LogP contribution in [0.2, 0.25) is 0 Å². The van der Waals surface area contributed by atoms with E-state index in [0.29, 0.717) is 41.6 Å². The Bertz CT molecular complexity index is 1170. The lowest BCUT2D eigenvalue weighted by Crippen LogP contribution is -2.24. The highest BCUT2D eigenvalue weighted by molar-refractivity contribution is 7.98. The van der Waals surface area contributed by atoms with Crippen LogP contribution in [0.1, 0.15) is 12.0 Å². The normalized spacial score (nSPS) is 11.5. The number of aromatic nitrogens is 4. The fourth-order valence-electron chi connectivity index (χ4n) is 3.12. The lowest BCUT2D eigenvalue weighted by atomic mass is 10.2. The summed E-state index contributed by atoms with van der Waals surface area (Å²) < 4.78 is 21.8. The van der Waals surface area contributed by atoms with Gasteiger partial charge in [-0.3, -0.25) is 13.8 Å². The van der Waals surface area contributed by atoms with Gasteiger partial charge in [0.1, 0.15) is 5.82 Å². The summed E-state index contributed by atoms with van der Waals surface area (Å²) in [5.74, 6) is 0.882. The average Bonchev–Trinajstić information content (AvgIpc) is 3.14. The zero-order valence-corrected chi connectivity index (χ0v) is 16.2. The number of hydrogen-bond acceptors (Lipinski definition) is 5. The van der Waals surface area contributed by atoms with Crippen molar-refractivity contribution >= 4 is 28.4 Å². The molecule has 0 aliphatic rings. The van der Waals surface area contributed by atoms with Crippen molar-refractivity contribution in [2.24, 2.45) is 0 Å². The van der Waals surface area contributed by atoms with E-state index in [-0.39, 0.29) is 11.4 Å². The van der Waals surface area contributed by atoms with Gasteiger partial charge in [0.05, 0.1) is 10.9 Å². The van der Waals surface area contributed by atoms with Crippen LogP contribution in [0.5, 0.6) is 0 Å². The highest BCUT2D eigenvalue weighted by atomic mass is 32.2. The van der Waals surface area contributed by atoms with Gasteiger partial charge in [-0.25, -0.2) is 4.39 Å². The highest BCUT2D eigenvalue weighted by Crippen LogP contribution is 2.24. The van der Waals surface area contributed by atoms with Crippen molar-refractivity contribution in [3.05, 3.63) is 70.3 Å². The van der Waals surface area contributed by atoms with E-state index in [0.717, 1.165) is 11.1 Å². The molecule has 6 nitrogen and oxygen atoms in total. The number of ether oxygens (including phenoxy) is 1. The van der Waals surface area contributed by atoms with Gasteiger partial charge in [-0.05, 0) is 36.2 Å². The first-order chi connectivity index (χ1) is 13.7. The summed E-state index contributed by atoms with van der Waals surface area (Å²) in [5, 5.41) is 9.92. The van der Waals surface area contributed by atoms with Crippen molar-refractivity contribution in [2.45, 2.75) is 23.9 Å². The summed E-state index contributed by atoms with van der Waals surface area (Å²) in [4.78, 5) is 13.0. The number of hydrogen-bond donors (Lipinski definition) is 0. The number of aryl methyl sites for hydroxylation is 1. The fraction of sp³-hybridized carbons (Fsp3) is 0.250. The second kappa shape index (κ2) is 8.12. The lowest BCUT2D eigenvalue weighted by molar-refractivity contribution is 0.190. The second-order valence-corrected chi connectivity index (χ2v) is 7.30. The molecule has 144 valence electrons.